The highest BCUT2D eigenvalue weighted by Gasteiger charge is 2.06. The Hall–Kier alpha value is -4.00. The van der Waals surface area contributed by atoms with Gasteiger partial charge in [-0.15, -0.1) is 0 Å². The fourth-order valence-electron chi connectivity index (χ4n) is 2.73. The number of ether oxygens (including phenoxy) is 3. The molecule has 0 fully saturated rings. The molecule has 0 aliphatic heterocycles. The van der Waals surface area contributed by atoms with Crippen molar-refractivity contribution < 1.29 is 19.0 Å². The van der Waals surface area contributed by atoms with Gasteiger partial charge < -0.3 is 19.5 Å². The lowest BCUT2D eigenvalue weighted by molar-refractivity contribution is -0.119. The molecule has 0 spiro atoms. The van der Waals surface area contributed by atoms with E-state index in [1.54, 1.807) is 26.5 Å². The molecule has 3 aromatic carbocycles. The van der Waals surface area contributed by atoms with Crippen LogP contribution in [0.4, 0.5) is 5.69 Å². The van der Waals surface area contributed by atoms with E-state index in [1.165, 1.54) is 0 Å². The molecule has 0 heterocycles. The van der Waals surface area contributed by atoms with Gasteiger partial charge in [0.1, 0.15) is 12.4 Å². The number of methoxy groups -OCH3 is 2. The number of carbonyl (C=O) groups excluding carboxylic acids is 1. The van der Waals surface area contributed by atoms with Crippen LogP contribution in [0.3, 0.4) is 0 Å². The average molecular weight is 419 g/mol. The third kappa shape index (κ3) is 6.78. The first-order valence-electron chi connectivity index (χ1n) is 9.72. The number of rotatable bonds is 10. The summed E-state index contributed by atoms with van der Waals surface area (Å²) in [5.74, 6) is 1.72. The summed E-state index contributed by atoms with van der Waals surface area (Å²) >= 11 is 0. The van der Waals surface area contributed by atoms with Crippen LogP contribution in [0.2, 0.25) is 0 Å². The number of hydrogen-bond acceptors (Lipinski definition) is 6. The molecule has 7 heteroatoms. The van der Waals surface area contributed by atoms with E-state index in [-0.39, 0.29) is 12.5 Å². The molecule has 0 radical (unpaired) electrons. The third-order valence-corrected chi connectivity index (χ3v) is 4.37. The van der Waals surface area contributed by atoms with E-state index < -0.39 is 0 Å². The zero-order valence-corrected chi connectivity index (χ0v) is 17.5. The maximum absolute atomic E-state index is 12.0. The first kappa shape index (κ1) is 21.7. The summed E-state index contributed by atoms with van der Waals surface area (Å²) in [4.78, 5) is 12.0. The number of anilines is 1. The van der Waals surface area contributed by atoms with Crippen LogP contribution in [-0.4, -0.2) is 32.9 Å². The Labute approximate surface area is 181 Å². The van der Waals surface area contributed by atoms with Gasteiger partial charge in [0.25, 0.3) is 5.91 Å². The van der Waals surface area contributed by atoms with Gasteiger partial charge in [0, 0.05) is 5.69 Å². The molecule has 0 aliphatic rings. The highest BCUT2D eigenvalue weighted by Crippen LogP contribution is 2.28. The summed E-state index contributed by atoms with van der Waals surface area (Å²) in [6, 6.07) is 22.6. The van der Waals surface area contributed by atoms with Gasteiger partial charge in [-0.25, -0.2) is 5.43 Å². The van der Waals surface area contributed by atoms with Crippen molar-refractivity contribution in [3.8, 4) is 17.2 Å². The van der Waals surface area contributed by atoms with Crippen LogP contribution in [0, 0.1) is 0 Å². The van der Waals surface area contributed by atoms with Crippen molar-refractivity contribution in [2.24, 2.45) is 5.10 Å². The first-order valence-corrected chi connectivity index (χ1v) is 9.72. The van der Waals surface area contributed by atoms with E-state index in [4.69, 9.17) is 14.2 Å². The zero-order chi connectivity index (χ0) is 21.9. The van der Waals surface area contributed by atoms with Gasteiger partial charge in [0.15, 0.2) is 11.5 Å². The lowest BCUT2D eigenvalue weighted by atomic mass is 10.2. The number of benzene rings is 3. The Kier molecular flexibility index (Phi) is 7.88. The predicted octanol–water partition coefficient (Wildman–Crippen LogP) is 3.85. The van der Waals surface area contributed by atoms with Crippen LogP contribution in [0.5, 0.6) is 17.2 Å². The average Bonchev–Trinajstić information content (AvgIpc) is 2.82. The quantitative estimate of drug-likeness (QED) is 0.385. The number of carbonyl (C=O) groups is 1. The monoisotopic (exact) mass is 419 g/mol. The summed E-state index contributed by atoms with van der Waals surface area (Å²) in [7, 11) is 3.20. The lowest BCUT2D eigenvalue weighted by Crippen LogP contribution is -2.25. The predicted molar refractivity (Wildman–Crippen MR) is 121 cm³/mol. The number of amides is 1. The molecule has 0 saturated heterocycles. The smallest absolute Gasteiger partial charge is 0.259 e. The van der Waals surface area contributed by atoms with E-state index >= 15 is 0 Å². The molecule has 31 heavy (non-hydrogen) atoms. The fourth-order valence-corrected chi connectivity index (χ4v) is 2.73. The molecule has 3 rings (SSSR count). The Morgan fingerprint density at radius 2 is 1.71 bits per heavy atom. The molecule has 0 saturated carbocycles. The van der Waals surface area contributed by atoms with Crippen molar-refractivity contribution in [2.75, 3.05) is 26.1 Å². The molecular formula is C24H25N3O4. The second-order valence-corrected chi connectivity index (χ2v) is 6.56. The summed E-state index contributed by atoms with van der Waals surface area (Å²) in [6.07, 6.45) is 1.56. The van der Waals surface area contributed by atoms with E-state index in [2.05, 4.69) is 15.8 Å². The normalized spacial score (nSPS) is 10.5. The Morgan fingerprint density at radius 1 is 0.935 bits per heavy atom. The number of hydrazone groups is 1. The van der Waals surface area contributed by atoms with Crippen LogP contribution in [0.1, 0.15) is 11.1 Å². The highest BCUT2D eigenvalue weighted by atomic mass is 16.5. The minimum absolute atomic E-state index is 0.0950. The van der Waals surface area contributed by atoms with Gasteiger partial charge in [-0.05, 0) is 53.6 Å². The maximum atomic E-state index is 12.0. The van der Waals surface area contributed by atoms with Crippen LogP contribution < -0.4 is 25.0 Å². The van der Waals surface area contributed by atoms with Crippen molar-refractivity contribution >= 4 is 17.8 Å². The first-order chi connectivity index (χ1) is 15.2. The van der Waals surface area contributed by atoms with Gasteiger partial charge in [0.05, 0.1) is 27.0 Å². The van der Waals surface area contributed by atoms with Crippen LogP contribution in [-0.2, 0) is 11.4 Å². The van der Waals surface area contributed by atoms with Gasteiger partial charge in [0.2, 0.25) is 0 Å². The topological polar surface area (TPSA) is 81.2 Å². The summed E-state index contributed by atoms with van der Waals surface area (Å²) in [6.45, 7) is 0.517. The summed E-state index contributed by atoms with van der Waals surface area (Å²) < 4.78 is 16.4. The van der Waals surface area contributed by atoms with E-state index in [1.807, 2.05) is 66.7 Å². The maximum Gasteiger partial charge on any atom is 0.259 e. The van der Waals surface area contributed by atoms with Gasteiger partial charge in [-0.3, -0.25) is 4.79 Å². The minimum atomic E-state index is -0.263. The van der Waals surface area contributed by atoms with Gasteiger partial charge in [-0.2, -0.15) is 5.10 Å². The Bertz CT molecular complexity index is 1010. The molecule has 160 valence electrons. The van der Waals surface area contributed by atoms with Crippen molar-refractivity contribution in [1.82, 2.24) is 5.43 Å². The molecule has 1 amide bonds. The third-order valence-electron chi connectivity index (χ3n) is 4.37. The number of nitrogens with one attached hydrogen (secondary N) is 2. The SMILES string of the molecule is COc1ccc(NCC(=O)NN=Cc2ccc(OC)c(OCc3ccccc3)c2)cc1. The molecule has 0 atom stereocenters. The van der Waals surface area contributed by atoms with Crippen molar-refractivity contribution in [3.05, 3.63) is 83.9 Å². The largest absolute Gasteiger partial charge is 0.497 e. The van der Waals surface area contributed by atoms with Crippen LogP contribution >= 0.6 is 0 Å². The van der Waals surface area contributed by atoms with Crippen molar-refractivity contribution in [3.63, 3.8) is 0 Å². The molecule has 0 unspecified atom stereocenters. The van der Waals surface area contributed by atoms with Gasteiger partial charge in [-0.1, -0.05) is 30.3 Å². The second kappa shape index (κ2) is 11.3. The molecule has 7 nitrogen and oxygen atoms in total. The lowest BCUT2D eigenvalue weighted by Gasteiger charge is -2.11. The fraction of sp³-hybridized carbons (Fsp3) is 0.167. The van der Waals surface area contributed by atoms with E-state index in [9.17, 15) is 4.79 Å². The van der Waals surface area contributed by atoms with Crippen LogP contribution in [0.25, 0.3) is 0 Å². The number of hydrogen-bond donors (Lipinski definition) is 2. The highest BCUT2D eigenvalue weighted by molar-refractivity contribution is 5.84. The van der Waals surface area contributed by atoms with Gasteiger partial charge >= 0.3 is 0 Å². The van der Waals surface area contributed by atoms with E-state index in [0.717, 1.165) is 22.6 Å². The molecule has 0 bridgehead atoms. The van der Waals surface area contributed by atoms with E-state index in [0.29, 0.717) is 18.1 Å². The van der Waals surface area contributed by atoms with Crippen molar-refractivity contribution in [2.45, 2.75) is 6.61 Å². The molecule has 3 aromatic rings. The molecule has 0 aromatic heterocycles. The van der Waals surface area contributed by atoms with Crippen LogP contribution in [0.15, 0.2) is 77.9 Å². The Balaban J connectivity index is 1.52. The Morgan fingerprint density at radius 3 is 2.42 bits per heavy atom. The second-order valence-electron chi connectivity index (χ2n) is 6.56. The minimum Gasteiger partial charge on any atom is -0.497 e. The zero-order valence-electron chi connectivity index (χ0n) is 17.5. The molecule has 2 N–H and O–H groups in total. The summed E-state index contributed by atoms with van der Waals surface area (Å²) in [5.41, 5.74) is 5.14. The standard InChI is InChI=1S/C24H25N3O4/c1-29-21-11-9-20(10-12-21)25-16-24(28)27-26-15-19-8-13-22(30-2)23(14-19)31-17-18-6-4-3-5-7-18/h3-15,25H,16-17H2,1-2H3,(H,27,28). The molecule has 0 aliphatic carbocycles. The summed E-state index contributed by atoms with van der Waals surface area (Å²) in [5, 5.41) is 7.04. The molecular weight excluding hydrogens is 394 g/mol. The number of nitrogens with zero attached hydrogens (tertiary/aromatic N) is 1. The van der Waals surface area contributed by atoms with Crippen molar-refractivity contribution in [1.29, 1.82) is 0 Å².